The number of benzene rings is 3. The Labute approximate surface area is 268 Å². The molecule has 1 aliphatic carbocycles. The topological polar surface area (TPSA) is 172 Å². The number of ketones is 1. The van der Waals surface area contributed by atoms with Gasteiger partial charge in [0.25, 0.3) is 10.0 Å². The van der Waals surface area contributed by atoms with E-state index in [1.54, 1.807) is 61.5 Å². The first kappa shape index (κ1) is 32.4. The van der Waals surface area contributed by atoms with Crippen LogP contribution in [0.1, 0.15) is 50.3 Å². The summed E-state index contributed by atoms with van der Waals surface area (Å²) in [7, 11) is -7.28. The van der Waals surface area contributed by atoms with Gasteiger partial charge >= 0.3 is 6.09 Å². The molecule has 0 saturated carbocycles. The smallest absolute Gasteiger partial charge is 0.434 e. The quantitative estimate of drug-likeness (QED) is 0.208. The highest BCUT2D eigenvalue weighted by Gasteiger charge is 2.46. The molecule has 14 heteroatoms. The zero-order valence-corrected chi connectivity index (χ0v) is 26.9. The third kappa shape index (κ3) is 6.53. The fourth-order valence-electron chi connectivity index (χ4n) is 5.32. The van der Waals surface area contributed by atoms with Crippen molar-refractivity contribution in [2.45, 2.75) is 50.5 Å². The minimum atomic E-state index is -4.45. The lowest BCUT2D eigenvalue weighted by Gasteiger charge is -2.36. The Hall–Kier alpha value is -4.95. The summed E-state index contributed by atoms with van der Waals surface area (Å²) in [6.07, 6.45) is 0.125. The van der Waals surface area contributed by atoms with E-state index in [1.165, 1.54) is 12.1 Å². The molecular weight excluding hydrogens is 633 g/mol. The number of carbonyl (C=O) groups excluding carboxylic acids is 2. The van der Waals surface area contributed by atoms with Crippen molar-refractivity contribution in [3.05, 3.63) is 95.1 Å². The number of aliphatic hydroxyl groups is 1. The number of fused-ring (bicyclic) bond motifs is 2. The van der Waals surface area contributed by atoms with E-state index in [0.717, 1.165) is 12.5 Å². The molecule has 2 aliphatic rings. The molecule has 240 valence electrons. The fourth-order valence-corrected chi connectivity index (χ4v) is 6.78. The van der Waals surface area contributed by atoms with Crippen LogP contribution >= 0.6 is 0 Å². The van der Waals surface area contributed by atoms with Gasteiger partial charge in [-0.05, 0) is 55.0 Å². The van der Waals surface area contributed by atoms with Crippen LogP contribution in [0.2, 0.25) is 0 Å². The molecule has 1 atom stereocenters. The Morgan fingerprint density at radius 2 is 1.80 bits per heavy atom. The first-order valence-electron chi connectivity index (χ1n) is 14.3. The van der Waals surface area contributed by atoms with Crippen molar-refractivity contribution in [1.29, 1.82) is 0 Å². The number of nitrogens with zero attached hydrogens (tertiary/aromatic N) is 2. The highest BCUT2D eigenvalue weighted by atomic mass is 32.2. The van der Waals surface area contributed by atoms with Crippen LogP contribution in [-0.2, 0) is 41.9 Å². The van der Waals surface area contributed by atoms with Crippen molar-refractivity contribution in [2.75, 3.05) is 10.7 Å². The summed E-state index contributed by atoms with van der Waals surface area (Å²) in [5.74, 6) is -0.857. The average Bonchev–Trinajstić information content (AvgIpc) is 3.02. The number of amides is 1. The van der Waals surface area contributed by atoms with E-state index in [2.05, 4.69) is 15.1 Å². The zero-order chi connectivity index (χ0) is 33.2. The van der Waals surface area contributed by atoms with Gasteiger partial charge < -0.3 is 15.2 Å². The summed E-state index contributed by atoms with van der Waals surface area (Å²) in [6.45, 7) is 5.73. The van der Waals surface area contributed by atoms with Crippen LogP contribution in [0.25, 0.3) is 5.76 Å². The largest absolute Gasteiger partial charge is 0.506 e. The Bertz CT molecular complexity index is 2020. The molecule has 3 aromatic rings. The van der Waals surface area contributed by atoms with Crippen LogP contribution in [-0.4, -0.2) is 50.2 Å². The molecule has 0 saturated heterocycles. The molecule has 5 rings (SSSR count). The monoisotopic (exact) mass is 664 g/mol. The highest BCUT2D eigenvalue weighted by molar-refractivity contribution is 7.90. The molecule has 1 aliphatic heterocycles. The number of nitrogens with one attached hydrogen (secondary N) is 2. The molecule has 3 N–H and O–H groups in total. The summed E-state index contributed by atoms with van der Waals surface area (Å²) < 4.78 is 58.9. The van der Waals surface area contributed by atoms with Gasteiger partial charge in [0.15, 0.2) is 17.1 Å². The minimum absolute atomic E-state index is 0.0205. The van der Waals surface area contributed by atoms with E-state index in [0.29, 0.717) is 39.5 Å². The van der Waals surface area contributed by atoms with E-state index in [-0.39, 0.29) is 40.0 Å². The molecule has 46 heavy (non-hydrogen) atoms. The van der Waals surface area contributed by atoms with Crippen molar-refractivity contribution < 1.29 is 36.3 Å². The predicted octanol–water partition coefficient (Wildman–Crippen LogP) is 5.05. The summed E-state index contributed by atoms with van der Waals surface area (Å²) >= 11 is 0. The van der Waals surface area contributed by atoms with Gasteiger partial charge in [-0.15, -0.1) is 4.40 Å². The number of sulfonamides is 1. The first-order chi connectivity index (χ1) is 21.8. The van der Waals surface area contributed by atoms with Crippen LogP contribution in [0.3, 0.4) is 0 Å². The second kappa shape index (κ2) is 12.8. The van der Waals surface area contributed by atoms with Gasteiger partial charge in [0.05, 0.1) is 16.8 Å². The standard InChI is InChI=1S/C32H32N4O8S2/c1-20(2)15-16-32(3)24-12-8-7-11-23(24)28(37)27(29(32)38)30-33-25-14-13-22(17-26(25)46(42,43)35-30)34-36(19-45(40)41)31(39)44-18-21-9-5-4-6-10-21/h4-14,17,19-20,34,37H,15-16,18H2,1-3H3,(H,33,35). The SMILES string of the molecule is CC(C)CCC1(C)C(=O)C(C2=NS(=O)(=O)c3cc(NN(C=S(=O)=O)C(=O)OCc4ccccc4)ccc3N2)=C(O)c2ccccc21. The molecule has 0 bridgehead atoms. The van der Waals surface area contributed by atoms with Crippen molar-refractivity contribution >= 4 is 60.7 Å². The van der Waals surface area contributed by atoms with Gasteiger partial charge in [0.2, 0.25) is 10.3 Å². The molecule has 0 aromatic heterocycles. The number of hydrazine groups is 1. The van der Waals surface area contributed by atoms with E-state index < -0.39 is 37.6 Å². The zero-order valence-electron chi connectivity index (χ0n) is 25.2. The third-order valence-corrected chi connectivity index (χ3v) is 9.47. The first-order valence-corrected chi connectivity index (χ1v) is 16.9. The molecule has 12 nitrogen and oxygen atoms in total. The summed E-state index contributed by atoms with van der Waals surface area (Å²) in [5.41, 5.74) is 3.61. The normalized spacial score (nSPS) is 18.1. The van der Waals surface area contributed by atoms with E-state index >= 15 is 0 Å². The van der Waals surface area contributed by atoms with E-state index in [4.69, 9.17) is 4.74 Å². The summed E-state index contributed by atoms with van der Waals surface area (Å²) in [4.78, 5) is 26.5. The van der Waals surface area contributed by atoms with E-state index in [9.17, 15) is 31.5 Å². The van der Waals surface area contributed by atoms with Gasteiger partial charge in [-0.3, -0.25) is 10.2 Å². The van der Waals surface area contributed by atoms with Crippen molar-refractivity contribution in [3.8, 4) is 0 Å². The lowest BCUT2D eigenvalue weighted by atomic mass is 9.66. The Kier molecular flexibility index (Phi) is 9.03. The maximum atomic E-state index is 14.1. The van der Waals surface area contributed by atoms with Crippen LogP contribution in [0, 0.1) is 5.92 Å². The third-order valence-electron chi connectivity index (χ3n) is 7.77. The minimum Gasteiger partial charge on any atom is -0.506 e. The molecule has 0 radical (unpaired) electrons. The molecule has 0 spiro atoms. The maximum Gasteiger partial charge on any atom is 0.434 e. The lowest BCUT2D eigenvalue weighted by molar-refractivity contribution is -0.120. The number of ether oxygens (including phenoxy) is 1. The molecule has 1 heterocycles. The summed E-state index contributed by atoms with van der Waals surface area (Å²) in [6, 6.07) is 19.6. The summed E-state index contributed by atoms with van der Waals surface area (Å²) in [5, 5.41) is 14.7. The lowest BCUT2D eigenvalue weighted by Crippen LogP contribution is -2.42. The number of hydrogen-bond acceptors (Lipinski definition) is 10. The van der Waals surface area contributed by atoms with Gasteiger partial charge in [-0.1, -0.05) is 68.4 Å². The van der Waals surface area contributed by atoms with Crippen LogP contribution in [0.15, 0.2) is 87.7 Å². The maximum absolute atomic E-state index is 14.1. The molecule has 1 unspecified atom stereocenters. The van der Waals surface area contributed by atoms with Crippen molar-refractivity contribution in [1.82, 2.24) is 5.01 Å². The number of carbonyl (C=O) groups is 2. The van der Waals surface area contributed by atoms with Crippen molar-refractivity contribution in [3.63, 3.8) is 0 Å². The second-order valence-electron chi connectivity index (χ2n) is 11.5. The number of aliphatic hydroxyl groups excluding tert-OH is 1. The van der Waals surface area contributed by atoms with Crippen LogP contribution in [0.5, 0.6) is 0 Å². The number of hydrogen-bond donors (Lipinski definition) is 3. The van der Waals surface area contributed by atoms with Crippen molar-refractivity contribution in [2.24, 2.45) is 10.3 Å². The van der Waals surface area contributed by atoms with Gasteiger partial charge in [-0.2, -0.15) is 21.8 Å². The Morgan fingerprint density at radius 1 is 1.11 bits per heavy atom. The predicted molar refractivity (Wildman–Crippen MR) is 174 cm³/mol. The van der Waals surface area contributed by atoms with Gasteiger partial charge in [0.1, 0.15) is 22.8 Å². The molecule has 0 fully saturated rings. The molecular formula is C32H32N4O8S2. The van der Waals surface area contributed by atoms with Gasteiger partial charge in [0, 0.05) is 5.56 Å². The average molecular weight is 665 g/mol. The fraction of sp³-hybridized carbons (Fsp3) is 0.250. The van der Waals surface area contributed by atoms with Crippen LogP contribution < -0.4 is 10.7 Å². The molecule has 1 amide bonds. The second-order valence-corrected chi connectivity index (χ2v) is 13.8. The van der Waals surface area contributed by atoms with E-state index in [1.807, 2.05) is 13.8 Å². The number of amidine groups is 1. The number of anilines is 2. The Balaban J connectivity index is 1.46. The molecule has 3 aromatic carbocycles. The Morgan fingerprint density at radius 3 is 2.50 bits per heavy atom. The number of Topliss-reactive ketones (excluding diaryl/α,β-unsaturated/α-hetero) is 1. The highest BCUT2D eigenvalue weighted by Crippen LogP contribution is 2.44. The van der Waals surface area contributed by atoms with Gasteiger partial charge in [-0.25, -0.2) is 4.79 Å². The number of rotatable bonds is 9. The van der Waals surface area contributed by atoms with Crippen LogP contribution in [0.4, 0.5) is 16.2 Å².